The number of carbonyl (C=O) groups excluding carboxylic acids is 2. The third-order valence-corrected chi connectivity index (χ3v) is 10.5. The van der Waals surface area contributed by atoms with Crippen molar-refractivity contribution < 1.29 is 33.3 Å². The zero-order valence-electron chi connectivity index (χ0n) is 30.9. The summed E-state index contributed by atoms with van der Waals surface area (Å²) in [5.41, 5.74) is 5.81. The first-order valence-electron chi connectivity index (χ1n) is 18.3. The molecule has 10 nitrogen and oxygen atoms in total. The molecule has 288 valence electrons. The molecule has 4 aromatic rings. The number of nitrogens with one attached hydrogen (secondary N) is 2. The van der Waals surface area contributed by atoms with Crippen LogP contribution in [-0.4, -0.2) is 49.3 Å². The van der Waals surface area contributed by atoms with Crippen molar-refractivity contribution in [2.45, 2.75) is 83.5 Å². The summed E-state index contributed by atoms with van der Waals surface area (Å²) in [6.07, 6.45) is 8.67. The van der Waals surface area contributed by atoms with Crippen LogP contribution in [0.2, 0.25) is 0 Å². The number of carbonyl (C=O) groups is 2. The summed E-state index contributed by atoms with van der Waals surface area (Å²) in [7, 11) is 1.32. The summed E-state index contributed by atoms with van der Waals surface area (Å²) in [6, 6.07) is 20.0. The highest BCUT2D eigenvalue weighted by molar-refractivity contribution is 5.88. The zero-order chi connectivity index (χ0) is 36.0. The molecule has 1 amide bonds. The minimum Gasteiger partial charge on any atom is -0.493 e. The minimum atomic E-state index is -0.854. The quantitative estimate of drug-likeness (QED) is 0.148. The van der Waals surface area contributed by atoms with E-state index in [0.717, 1.165) is 51.6 Å². The van der Waals surface area contributed by atoms with Crippen LogP contribution in [0.3, 0.4) is 0 Å². The standard InChI is InChI=1S/C42H47N3O7.2ClH/c1-26-27(2)43-18-17-37(26)51-34-13-9-28(10-14-34)19-36(42(47)48-3)45-41(46)35-20-31-21-38-39(22-32(31)23-44-35)52-40(25-50-38)30-11-15-33(16-12-30)49-24-29-7-5-4-6-8-29;;/h9-18,21-22,29,35-36,40,44H,4-8,19-20,23-25H2,1-3H3,(H,45,46);2*1H/t35-,36-,40+;;/m0../s1. The number of hydrogen-bond donors (Lipinski definition) is 2. The van der Waals surface area contributed by atoms with Gasteiger partial charge in [-0.15, -0.1) is 24.8 Å². The van der Waals surface area contributed by atoms with E-state index in [2.05, 4.69) is 27.8 Å². The number of hydrogen-bond acceptors (Lipinski definition) is 9. The van der Waals surface area contributed by atoms with E-state index in [4.69, 9.17) is 23.7 Å². The number of halogens is 2. The largest absolute Gasteiger partial charge is 0.493 e. The van der Waals surface area contributed by atoms with Crippen molar-refractivity contribution >= 4 is 36.7 Å². The molecule has 0 radical (unpaired) electrons. The normalized spacial score (nSPS) is 18.1. The predicted molar refractivity (Wildman–Crippen MR) is 211 cm³/mol. The average molecular weight is 779 g/mol. The highest BCUT2D eigenvalue weighted by atomic mass is 35.5. The second-order valence-electron chi connectivity index (χ2n) is 14.1. The van der Waals surface area contributed by atoms with Crippen molar-refractivity contribution in [2.75, 3.05) is 20.3 Å². The number of fused-ring (bicyclic) bond motifs is 2. The molecule has 3 aliphatic rings. The molecular weight excluding hydrogens is 729 g/mol. The summed E-state index contributed by atoms with van der Waals surface area (Å²) >= 11 is 0. The average Bonchev–Trinajstić information content (AvgIpc) is 3.18. The van der Waals surface area contributed by atoms with Gasteiger partial charge in [0.15, 0.2) is 17.6 Å². The Hall–Kier alpha value is -4.51. The van der Waals surface area contributed by atoms with Crippen molar-refractivity contribution in [3.8, 4) is 28.7 Å². The third-order valence-electron chi connectivity index (χ3n) is 10.5. The summed E-state index contributed by atoms with van der Waals surface area (Å²) < 4.78 is 29.8. The Morgan fingerprint density at radius 1 is 0.926 bits per heavy atom. The second-order valence-corrected chi connectivity index (χ2v) is 14.1. The molecule has 54 heavy (non-hydrogen) atoms. The maximum Gasteiger partial charge on any atom is 0.328 e. The fourth-order valence-corrected chi connectivity index (χ4v) is 7.17. The van der Waals surface area contributed by atoms with E-state index in [9.17, 15) is 9.59 Å². The van der Waals surface area contributed by atoms with Gasteiger partial charge in [-0.1, -0.05) is 43.5 Å². The molecule has 1 saturated carbocycles. The number of benzene rings is 3. The molecule has 3 aromatic carbocycles. The van der Waals surface area contributed by atoms with Gasteiger partial charge in [0.2, 0.25) is 5.91 Å². The lowest BCUT2D eigenvalue weighted by molar-refractivity contribution is -0.145. The van der Waals surface area contributed by atoms with E-state index in [1.165, 1.54) is 39.2 Å². The molecule has 7 rings (SSSR count). The first-order valence-corrected chi connectivity index (χ1v) is 18.3. The van der Waals surface area contributed by atoms with Gasteiger partial charge >= 0.3 is 5.97 Å². The summed E-state index contributed by atoms with van der Waals surface area (Å²) in [4.78, 5) is 30.6. The van der Waals surface area contributed by atoms with Crippen LogP contribution in [0.15, 0.2) is 72.9 Å². The Labute approximate surface area is 329 Å². The van der Waals surface area contributed by atoms with Crippen LogP contribution in [0.4, 0.5) is 0 Å². The fraction of sp³-hybridized carbons (Fsp3) is 0.405. The molecule has 1 fully saturated rings. The Bertz CT molecular complexity index is 1880. The third kappa shape index (κ3) is 9.77. The Balaban J connectivity index is 0.00000280. The van der Waals surface area contributed by atoms with Gasteiger partial charge in [0, 0.05) is 30.4 Å². The van der Waals surface area contributed by atoms with Crippen LogP contribution in [0.5, 0.6) is 28.7 Å². The molecule has 2 N–H and O–H groups in total. The molecule has 3 heterocycles. The van der Waals surface area contributed by atoms with Crippen LogP contribution >= 0.6 is 24.8 Å². The number of aryl methyl sites for hydroxylation is 1. The van der Waals surface area contributed by atoms with Gasteiger partial charge < -0.3 is 34.3 Å². The smallest absolute Gasteiger partial charge is 0.328 e. The highest BCUT2D eigenvalue weighted by Crippen LogP contribution is 2.40. The fourth-order valence-electron chi connectivity index (χ4n) is 7.17. The van der Waals surface area contributed by atoms with Crippen LogP contribution in [-0.2, 0) is 33.7 Å². The molecule has 1 aliphatic carbocycles. The van der Waals surface area contributed by atoms with E-state index in [1.807, 2.05) is 68.4 Å². The number of methoxy groups -OCH3 is 1. The van der Waals surface area contributed by atoms with Crippen molar-refractivity contribution in [1.82, 2.24) is 15.6 Å². The summed E-state index contributed by atoms with van der Waals surface area (Å²) in [5, 5.41) is 6.26. The van der Waals surface area contributed by atoms with E-state index in [0.29, 0.717) is 42.7 Å². The van der Waals surface area contributed by atoms with Crippen LogP contribution in [0, 0.1) is 19.8 Å². The summed E-state index contributed by atoms with van der Waals surface area (Å²) in [6.45, 7) is 5.54. The van der Waals surface area contributed by atoms with Gasteiger partial charge in [-0.25, -0.2) is 4.79 Å². The number of pyridine rings is 1. The number of rotatable bonds is 11. The van der Waals surface area contributed by atoms with Crippen molar-refractivity contribution in [3.63, 3.8) is 0 Å². The van der Waals surface area contributed by atoms with E-state index in [-0.39, 0.29) is 43.2 Å². The Morgan fingerprint density at radius 2 is 1.65 bits per heavy atom. The van der Waals surface area contributed by atoms with E-state index >= 15 is 0 Å². The first-order chi connectivity index (χ1) is 25.3. The van der Waals surface area contributed by atoms with Crippen LogP contribution in [0.25, 0.3) is 0 Å². The van der Waals surface area contributed by atoms with Crippen LogP contribution < -0.4 is 29.6 Å². The molecule has 12 heteroatoms. The molecule has 0 spiro atoms. The molecular formula is C42H49Cl2N3O7. The Kier molecular flexibility index (Phi) is 14.1. The highest BCUT2D eigenvalue weighted by Gasteiger charge is 2.31. The molecule has 0 bridgehead atoms. The first kappa shape index (κ1) is 40.7. The lowest BCUT2D eigenvalue weighted by Gasteiger charge is -2.31. The predicted octanol–water partition coefficient (Wildman–Crippen LogP) is 7.72. The van der Waals surface area contributed by atoms with Gasteiger partial charge in [-0.05, 0) is 104 Å². The number of esters is 1. The van der Waals surface area contributed by atoms with Gasteiger partial charge in [0.05, 0.1) is 19.8 Å². The maximum absolute atomic E-state index is 13.5. The van der Waals surface area contributed by atoms with Crippen molar-refractivity contribution in [1.29, 1.82) is 0 Å². The lowest BCUT2D eigenvalue weighted by atomic mass is 9.90. The van der Waals surface area contributed by atoms with Crippen molar-refractivity contribution in [3.05, 3.63) is 106 Å². The topological polar surface area (TPSA) is 117 Å². The van der Waals surface area contributed by atoms with Gasteiger partial charge in [0.25, 0.3) is 0 Å². The number of nitrogens with zero attached hydrogens (tertiary/aromatic N) is 1. The SMILES string of the molecule is COC(=O)[C@H](Cc1ccc(Oc2ccnc(C)c2C)cc1)NC(=O)[C@@H]1Cc2cc3c(cc2CN1)O[C@@H](c1ccc(OCC2CCCCC2)cc1)CO3.Cl.Cl. The van der Waals surface area contributed by atoms with Gasteiger partial charge in [-0.2, -0.15) is 0 Å². The molecule has 2 aliphatic heterocycles. The molecule has 1 aromatic heterocycles. The minimum absolute atomic E-state index is 0. The lowest BCUT2D eigenvalue weighted by Crippen LogP contribution is -2.53. The molecule has 0 saturated heterocycles. The van der Waals surface area contributed by atoms with Gasteiger partial charge in [0.1, 0.15) is 29.9 Å². The van der Waals surface area contributed by atoms with Crippen LogP contribution in [0.1, 0.15) is 71.7 Å². The number of aromatic nitrogens is 1. The Morgan fingerprint density at radius 3 is 2.39 bits per heavy atom. The number of ether oxygens (including phenoxy) is 5. The van der Waals surface area contributed by atoms with E-state index < -0.39 is 18.1 Å². The molecule has 3 atom stereocenters. The summed E-state index contributed by atoms with van der Waals surface area (Å²) in [5.74, 6) is 3.51. The number of amides is 1. The second kappa shape index (κ2) is 18.7. The zero-order valence-corrected chi connectivity index (χ0v) is 32.6. The van der Waals surface area contributed by atoms with Gasteiger partial charge in [-0.3, -0.25) is 9.78 Å². The monoisotopic (exact) mass is 777 g/mol. The van der Waals surface area contributed by atoms with E-state index in [1.54, 1.807) is 6.20 Å². The van der Waals surface area contributed by atoms with Crippen molar-refractivity contribution in [2.24, 2.45) is 5.92 Å². The molecule has 0 unspecified atom stereocenters. The maximum atomic E-state index is 13.5.